The van der Waals surface area contributed by atoms with Gasteiger partial charge in [0.1, 0.15) is 0 Å². The monoisotopic (exact) mass is 311 g/mol. The Labute approximate surface area is 134 Å². The number of benzene rings is 1. The number of nitrogens with one attached hydrogen (secondary N) is 2. The molecule has 0 aliphatic carbocycles. The lowest BCUT2D eigenvalue weighted by Gasteiger charge is -2.18. The maximum absolute atomic E-state index is 12.6. The fraction of sp³-hybridized carbons (Fsp3) is 0.353. The zero-order chi connectivity index (χ0) is 16.6. The maximum Gasteiger partial charge on any atom is 0.251 e. The number of aryl methyl sites for hydroxylation is 2. The van der Waals surface area contributed by atoms with Gasteiger partial charge in [-0.15, -0.1) is 0 Å². The summed E-state index contributed by atoms with van der Waals surface area (Å²) in [5.74, 6) is -0.0870. The van der Waals surface area contributed by atoms with Crippen molar-refractivity contribution in [3.8, 4) is 0 Å². The number of fused-ring (bicyclic) bond motifs is 1. The van der Waals surface area contributed by atoms with Crippen LogP contribution in [0.4, 0.5) is 0 Å². The van der Waals surface area contributed by atoms with Crippen LogP contribution in [0.5, 0.6) is 0 Å². The maximum atomic E-state index is 12.6. The van der Waals surface area contributed by atoms with Crippen LogP contribution in [0, 0.1) is 13.8 Å². The minimum Gasteiger partial charge on any atom is -0.345 e. The lowest BCUT2D eigenvalue weighted by Crippen LogP contribution is -2.28. The molecular weight excluding hydrogens is 290 g/mol. The highest BCUT2D eigenvalue weighted by atomic mass is 16.1. The van der Waals surface area contributed by atoms with Gasteiger partial charge in [-0.3, -0.25) is 9.48 Å². The smallest absolute Gasteiger partial charge is 0.251 e. The van der Waals surface area contributed by atoms with Crippen LogP contribution in [-0.4, -0.2) is 25.7 Å². The van der Waals surface area contributed by atoms with E-state index in [2.05, 4.69) is 27.3 Å². The topological polar surface area (TPSA) is 75.6 Å². The van der Waals surface area contributed by atoms with Crippen LogP contribution in [0.25, 0.3) is 11.0 Å². The summed E-state index contributed by atoms with van der Waals surface area (Å²) in [7, 11) is 1.92. The molecule has 0 spiro atoms. The van der Waals surface area contributed by atoms with Crippen LogP contribution < -0.4 is 5.32 Å². The molecule has 1 aromatic carbocycles. The first-order valence-corrected chi connectivity index (χ1v) is 7.75. The number of aromatic nitrogens is 4. The summed E-state index contributed by atoms with van der Waals surface area (Å²) in [6, 6.07) is 5.43. The molecule has 6 heteroatoms. The van der Waals surface area contributed by atoms with Crippen molar-refractivity contribution in [2.45, 2.75) is 33.2 Å². The molecule has 2 aromatic heterocycles. The number of hydrogen-bond acceptors (Lipinski definition) is 3. The zero-order valence-electron chi connectivity index (χ0n) is 13.8. The molecule has 23 heavy (non-hydrogen) atoms. The van der Waals surface area contributed by atoms with E-state index in [1.807, 2.05) is 37.7 Å². The number of rotatable bonds is 4. The van der Waals surface area contributed by atoms with Gasteiger partial charge in [0.15, 0.2) is 0 Å². The van der Waals surface area contributed by atoms with Gasteiger partial charge in [0, 0.05) is 23.9 Å². The Kier molecular flexibility index (Phi) is 3.90. The summed E-state index contributed by atoms with van der Waals surface area (Å²) in [6.07, 6.45) is 2.44. The molecule has 0 fully saturated rings. The number of hydrogen-bond donors (Lipinski definition) is 2. The average molecular weight is 311 g/mol. The highest BCUT2D eigenvalue weighted by molar-refractivity contribution is 5.97. The third-order valence-corrected chi connectivity index (χ3v) is 4.31. The second-order valence-corrected chi connectivity index (χ2v) is 5.78. The van der Waals surface area contributed by atoms with E-state index < -0.39 is 0 Å². The van der Waals surface area contributed by atoms with Gasteiger partial charge < -0.3 is 10.3 Å². The Morgan fingerprint density at radius 2 is 2.17 bits per heavy atom. The number of imidazole rings is 1. The first kappa shape index (κ1) is 15.3. The van der Waals surface area contributed by atoms with E-state index in [9.17, 15) is 4.79 Å². The molecule has 1 amide bonds. The van der Waals surface area contributed by atoms with Crippen molar-refractivity contribution in [3.05, 3.63) is 47.0 Å². The minimum atomic E-state index is -0.0870. The standard InChI is InChI=1S/C17H21N5O/c1-5-13(16-10(2)21-22(4)11(16)3)20-17(23)12-6-7-14-15(8-12)19-9-18-14/h6-9,13H,5H2,1-4H3,(H,18,19)(H,20,23)/t13-/m1/s1. The predicted molar refractivity (Wildman–Crippen MR) is 89.3 cm³/mol. The average Bonchev–Trinajstić information content (AvgIpc) is 3.09. The zero-order valence-corrected chi connectivity index (χ0v) is 13.8. The Morgan fingerprint density at radius 3 is 2.83 bits per heavy atom. The van der Waals surface area contributed by atoms with Crippen LogP contribution in [-0.2, 0) is 7.05 Å². The normalized spacial score (nSPS) is 12.5. The summed E-state index contributed by atoms with van der Waals surface area (Å²) in [6.45, 7) is 6.07. The third-order valence-electron chi connectivity index (χ3n) is 4.31. The fourth-order valence-electron chi connectivity index (χ4n) is 2.99. The van der Waals surface area contributed by atoms with Crippen molar-refractivity contribution in [1.82, 2.24) is 25.1 Å². The molecular formula is C17H21N5O. The van der Waals surface area contributed by atoms with E-state index in [-0.39, 0.29) is 11.9 Å². The molecule has 0 saturated carbocycles. The highest BCUT2D eigenvalue weighted by Crippen LogP contribution is 2.24. The Morgan fingerprint density at radius 1 is 1.39 bits per heavy atom. The Hall–Kier alpha value is -2.63. The van der Waals surface area contributed by atoms with Crippen molar-refractivity contribution < 1.29 is 4.79 Å². The number of amides is 1. The van der Waals surface area contributed by atoms with Gasteiger partial charge in [-0.2, -0.15) is 5.10 Å². The summed E-state index contributed by atoms with van der Waals surface area (Å²) < 4.78 is 1.86. The van der Waals surface area contributed by atoms with E-state index >= 15 is 0 Å². The molecule has 6 nitrogen and oxygen atoms in total. The van der Waals surface area contributed by atoms with Crippen LogP contribution >= 0.6 is 0 Å². The summed E-state index contributed by atoms with van der Waals surface area (Å²) >= 11 is 0. The van der Waals surface area contributed by atoms with Crippen molar-refractivity contribution in [2.75, 3.05) is 0 Å². The number of nitrogens with zero attached hydrogens (tertiary/aromatic N) is 3. The molecule has 0 radical (unpaired) electrons. The molecule has 0 saturated heterocycles. The van der Waals surface area contributed by atoms with Crippen LogP contribution in [0.2, 0.25) is 0 Å². The highest BCUT2D eigenvalue weighted by Gasteiger charge is 2.21. The van der Waals surface area contributed by atoms with Crippen molar-refractivity contribution >= 4 is 16.9 Å². The lowest BCUT2D eigenvalue weighted by molar-refractivity contribution is 0.0935. The van der Waals surface area contributed by atoms with Crippen LogP contribution in [0.3, 0.4) is 0 Å². The van der Waals surface area contributed by atoms with E-state index in [1.165, 1.54) is 0 Å². The number of aromatic amines is 1. The molecule has 3 rings (SSSR count). The molecule has 3 aromatic rings. The molecule has 120 valence electrons. The molecule has 0 unspecified atom stereocenters. The molecule has 0 bridgehead atoms. The molecule has 1 atom stereocenters. The minimum absolute atomic E-state index is 0.0475. The molecule has 2 heterocycles. The second-order valence-electron chi connectivity index (χ2n) is 5.78. The first-order valence-electron chi connectivity index (χ1n) is 7.75. The van der Waals surface area contributed by atoms with Crippen molar-refractivity contribution in [3.63, 3.8) is 0 Å². The van der Waals surface area contributed by atoms with Crippen molar-refractivity contribution in [1.29, 1.82) is 0 Å². The first-order chi connectivity index (χ1) is 11.0. The van der Waals surface area contributed by atoms with Gasteiger partial charge >= 0.3 is 0 Å². The van der Waals surface area contributed by atoms with Gasteiger partial charge in [0.05, 0.1) is 29.1 Å². The Bertz CT molecular complexity index is 861. The number of carbonyl (C=O) groups excluding carboxylic acids is 1. The van der Waals surface area contributed by atoms with Gasteiger partial charge in [-0.1, -0.05) is 6.92 Å². The molecule has 2 N–H and O–H groups in total. The van der Waals surface area contributed by atoms with Gasteiger partial charge in [0.2, 0.25) is 0 Å². The SMILES string of the molecule is CC[C@@H](NC(=O)c1ccc2nc[nH]c2c1)c1c(C)nn(C)c1C. The van der Waals surface area contributed by atoms with Crippen LogP contribution in [0.1, 0.15) is 46.7 Å². The van der Waals surface area contributed by atoms with Crippen molar-refractivity contribution in [2.24, 2.45) is 7.05 Å². The predicted octanol–water partition coefficient (Wildman–Crippen LogP) is 2.79. The van der Waals surface area contributed by atoms with E-state index in [0.29, 0.717) is 5.56 Å². The van der Waals surface area contributed by atoms with Gasteiger partial charge in [-0.05, 0) is 38.5 Å². The fourth-order valence-corrected chi connectivity index (χ4v) is 2.99. The lowest BCUT2D eigenvalue weighted by atomic mass is 10.0. The molecule has 0 aliphatic heterocycles. The number of H-pyrrole nitrogens is 1. The van der Waals surface area contributed by atoms with E-state index in [4.69, 9.17) is 0 Å². The quantitative estimate of drug-likeness (QED) is 0.778. The van der Waals surface area contributed by atoms with Gasteiger partial charge in [0.25, 0.3) is 5.91 Å². The largest absolute Gasteiger partial charge is 0.345 e. The summed E-state index contributed by atoms with van der Waals surface area (Å²) in [5.41, 5.74) is 5.48. The second kappa shape index (κ2) is 5.87. The van der Waals surface area contributed by atoms with E-state index in [0.717, 1.165) is 34.4 Å². The summed E-state index contributed by atoms with van der Waals surface area (Å²) in [5, 5.41) is 7.57. The summed E-state index contributed by atoms with van der Waals surface area (Å²) in [4.78, 5) is 19.8. The van der Waals surface area contributed by atoms with E-state index in [1.54, 1.807) is 12.4 Å². The van der Waals surface area contributed by atoms with Gasteiger partial charge in [-0.25, -0.2) is 4.98 Å². The van der Waals surface area contributed by atoms with Crippen LogP contribution in [0.15, 0.2) is 24.5 Å². The molecule has 0 aliphatic rings. The number of carbonyl (C=O) groups is 1. The third kappa shape index (κ3) is 2.72. The Balaban J connectivity index is 1.87.